The fraction of sp³-hybridized carbons (Fsp3) is 0.310. The lowest BCUT2D eigenvalue weighted by molar-refractivity contribution is 0.0407. The van der Waals surface area contributed by atoms with Gasteiger partial charge in [0.25, 0.3) is 21.8 Å². The average Bonchev–Trinajstić information content (AvgIpc) is 2.98. The summed E-state index contributed by atoms with van der Waals surface area (Å²) in [5.41, 5.74) is 1.24. The molecule has 1 saturated carbocycles. The number of hydrogen-bond donors (Lipinski definition) is 2. The van der Waals surface area contributed by atoms with E-state index in [2.05, 4.69) is 10.3 Å². The van der Waals surface area contributed by atoms with Crippen molar-refractivity contribution >= 4 is 28.0 Å². The quantitative estimate of drug-likeness (QED) is 0.338. The topological polar surface area (TPSA) is 150 Å². The lowest BCUT2D eigenvalue weighted by atomic mass is 9.98. The van der Waals surface area contributed by atoms with Gasteiger partial charge in [0.05, 0.1) is 17.6 Å². The van der Waals surface area contributed by atoms with Gasteiger partial charge in [-0.25, -0.2) is 22.9 Å². The zero-order valence-electron chi connectivity index (χ0n) is 22.5. The van der Waals surface area contributed by atoms with Gasteiger partial charge in [0, 0.05) is 24.4 Å². The summed E-state index contributed by atoms with van der Waals surface area (Å²) >= 11 is 0. The van der Waals surface area contributed by atoms with E-state index in [1.165, 1.54) is 36.4 Å². The van der Waals surface area contributed by atoms with E-state index in [-0.39, 0.29) is 33.9 Å². The number of sulfonamides is 1. The second-order valence-electron chi connectivity index (χ2n) is 9.43. The fourth-order valence-electron chi connectivity index (χ4n) is 4.24. The Morgan fingerprint density at radius 3 is 2.20 bits per heavy atom. The Hall–Kier alpha value is -4.45. The van der Waals surface area contributed by atoms with Gasteiger partial charge in [0.15, 0.2) is 0 Å². The number of benzene rings is 2. The summed E-state index contributed by atoms with van der Waals surface area (Å²) in [6.07, 6.45) is 5.33. The summed E-state index contributed by atoms with van der Waals surface area (Å²) in [4.78, 5) is 40.7. The van der Waals surface area contributed by atoms with E-state index in [4.69, 9.17) is 14.2 Å². The number of nitrogens with zero attached hydrogens (tertiary/aromatic N) is 1. The van der Waals surface area contributed by atoms with Crippen LogP contribution in [0.2, 0.25) is 0 Å². The van der Waals surface area contributed by atoms with Crippen LogP contribution in [0.5, 0.6) is 11.6 Å². The van der Waals surface area contributed by atoms with Crippen molar-refractivity contribution in [1.29, 1.82) is 0 Å². The fourth-order valence-corrected chi connectivity index (χ4v) is 5.22. The summed E-state index contributed by atoms with van der Waals surface area (Å²) in [6, 6.07) is 15.2. The van der Waals surface area contributed by atoms with E-state index in [1.54, 1.807) is 7.11 Å². The molecule has 41 heavy (non-hydrogen) atoms. The number of carbonyl (C=O) groups excluding carboxylic acids is 3. The monoisotopic (exact) mass is 581 g/mol. The van der Waals surface area contributed by atoms with E-state index in [9.17, 15) is 22.8 Å². The molecule has 11 nitrogen and oxygen atoms in total. The highest BCUT2D eigenvalue weighted by Gasteiger charge is 2.21. The zero-order valence-corrected chi connectivity index (χ0v) is 23.3. The van der Waals surface area contributed by atoms with Crippen LogP contribution in [0.1, 0.15) is 58.4 Å². The smallest absolute Gasteiger partial charge is 0.497 e. The van der Waals surface area contributed by atoms with Gasteiger partial charge in [0.2, 0.25) is 5.88 Å². The molecule has 2 aromatic carbocycles. The lowest BCUT2D eigenvalue weighted by Gasteiger charge is -2.20. The summed E-state index contributed by atoms with van der Waals surface area (Å²) in [7, 11) is -2.64. The number of amides is 2. The minimum absolute atomic E-state index is 0.0607. The van der Waals surface area contributed by atoms with Gasteiger partial charge in [-0.05, 0) is 80.1 Å². The Kier molecular flexibility index (Phi) is 9.91. The van der Waals surface area contributed by atoms with E-state index >= 15 is 0 Å². The predicted molar refractivity (Wildman–Crippen MR) is 148 cm³/mol. The van der Waals surface area contributed by atoms with Crippen molar-refractivity contribution in [3.05, 3.63) is 83.6 Å². The van der Waals surface area contributed by atoms with Crippen LogP contribution < -0.4 is 19.5 Å². The molecule has 1 heterocycles. The molecule has 1 aliphatic carbocycles. The Morgan fingerprint density at radius 1 is 0.878 bits per heavy atom. The number of methoxy groups -OCH3 is 1. The molecule has 216 valence electrons. The highest BCUT2D eigenvalue weighted by Crippen LogP contribution is 2.21. The SMILES string of the molecule is COc1ccc(CCNC(=O)c2ccc(S(=O)(=O)NC(=O)c3ccc(OC(=O)OC4CCCCC4)nc3)cc2)cc1. The summed E-state index contributed by atoms with van der Waals surface area (Å²) < 4.78 is 42.9. The van der Waals surface area contributed by atoms with Gasteiger partial charge < -0.3 is 19.5 Å². The first-order valence-corrected chi connectivity index (χ1v) is 14.6. The molecule has 0 bridgehead atoms. The summed E-state index contributed by atoms with van der Waals surface area (Å²) in [6.45, 7) is 0.390. The van der Waals surface area contributed by atoms with Crippen LogP contribution in [0.15, 0.2) is 71.8 Å². The second kappa shape index (κ2) is 13.8. The highest BCUT2D eigenvalue weighted by molar-refractivity contribution is 7.90. The van der Waals surface area contributed by atoms with Crippen LogP contribution in [-0.2, 0) is 21.2 Å². The maximum Gasteiger partial charge on any atom is 0.515 e. The standard InChI is InChI=1S/C29H31N3O8S/c1-38-23-12-7-20(8-13-23)17-18-30-27(33)21-9-14-25(15-10-21)41(36,37)32-28(34)22-11-16-26(31-19-22)40-29(35)39-24-5-3-2-4-6-24/h7-16,19,24H,2-6,17-18H2,1H3,(H,30,33)(H,32,34). The van der Waals surface area contributed by atoms with Gasteiger partial charge in [0.1, 0.15) is 11.9 Å². The third-order valence-electron chi connectivity index (χ3n) is 6.51. The number of nitrogens with one attached hydrogen (secondary N) is 2. The molecule has 2 N–H and O–H groups in total. The molecule has 1 aliphatic rings. The Labute approximate surface area is 238 Å². The van der Waals surface area contributed by atoms with Crippen molar-refractivity contribution in [2.75, 3.05) is 13.7 Å². The molecule has 0 radical (unpaired) electrons. The van der Waals surface area contributed by atoms with Gasteiger partial charge in [-0.3, -0.25) is 9.59 Å². The second-order valence-corrected chi connectivity index (χ2v) is 11.1. The Bertz CT molecular complexity index is 1450. The van der Waals surface area contributed by atoms with Crippen LogP contribution in [0.3, 0.4) is 0 Å². The molecule has 0 atom stereocenters. The average molecular weight is 582 g/mol. The van der Waals surface area contributed by atoms with Crippen molar-refractivity contribution < 1.29 is 37.0 Å². The zero-order chi connectivity index (χ0) is 29.2. The number of aromatic nitrogens is 1. The van der Waals surface area contributed by atoms with Crippen molar-refractivity contribution in [2.24, 2.45) is 0 Å². The molecule has 1 fully saturated rings. The predicted octanol–water partition coefficient (Wildman–Crippen LogP) is 4.03. The van der Waals surface area contributed by atoms with Crippen LogP contribution in [0.4, 0.5) is 4.79 Å². The lowest BCUT2D eigenvalue weighted by Crippen LogP contribution is -2.31. The Balaban J connectivity index is 1.26. The maximum absolute atomic E-state index is 12.7. The van der Waals surface area contributed by atoms with Gasteiger partial charge in [-0.1, -0.05) is 18.6 Å². The first kappa shape index (κ1) is 29.5. The van der Waals surface area contributed by atoms with Crippen molar-refractivity contribution in [3.8, 4) is 11.6 Å². The van der Waals surface area contributed by atoms with Gasteiger partial charge in [-0.15, -0.1) is 0 Å². The van der Waals surface area contributed by atoms with Crippen LogP contribution in [-0.4, -0.2) is 51.1 Å². The number of ether oxygens (including phenoxy) is 3. The molecule has 0 spiro atoms. The van der Waals surface area contributed by atoms with Crippen LogP contribution in [0.25, 0.3) is 0 Å². The minimum atomic E-state index is -4.23. The normalized spacial score (nSPS) is 13.6. The van der Waals surface area contributed by atoms with Crippen molar-refractivity contribution in [2.45, 2.75) is 49.5 Å². The summed E-state index contributed by atoms with van der Waals surface area (Å²) in [5.74, 6) is -0.614. The number of rotatable bonds is 10. The molecule has 0 saturated heterocycles. The maximum atomic E-state index is 12.7. The van der Waals surface area contributed by atoms with Crippen LogP contribution in [0, 0.1) is 0 Å². The molecule has 0 aliphatic heterocycles. The number of pyridine rings is 1. The van der Waals surface area contributed by atoms with E-state index in [0.717, 1.165) is 49.6 Å². The number of carbonyl (C=O) groups is 3. The molecular formula is C29H31N3O8S. The molecule has 0 unspecified atom stereocenters. The number of hydrogen-bond acceptors (Lipinski definition) is 9. The van der Waals surface area contributed by atoms with E-state index < -0.39 is 22.1 Å². The van der Waals surface area contributed by atoms with E-state index in [1.807, 2.05) is 29.0 Å². The molecule has 1 aromatic heterocycles. The van der Waals surface area contributed by atoms with Gasteiger partial charge in [-0.2, -0.15) is 0 Å². The van der Waals surface area contributed by atoms with Crippen molar-refractivity contribution in [3.63, 3.8) is 0 Å². The van der Waals surface area contributed by atoms with E-state index in [0.29, 0.717) is 13.0 Å². The minimum Gasteiger partial charge on any atom is -0.497 e. The molecular weight excluding hydrogens is 550 g/mol. The third-order valence-corrected chi connectivity index (χ3v) is 7.86. The molecule has 3 aromatic rings. The highest BCUT2D eigenvalue weighted by atomic mass is 32.2. The molecule has 2 amide bonds. The first-order valence-electron chi connectivity index (χ1n) is 13.2. The van der Waals surface area contributed by atoms with Crippen LogP contribution >= 0.6 is 0 Å². The summed E-state index contributed by atoms with van der Waals surface area (Å²) in [5, 5.41) is 2.79. The Morgan fingerprint density at radius 2 is 1.56 bits per heavy atom. The van der Waals surface area contributed by atoms with Crippen molar-refractivity contribution in [1.82, 2.24) is 15.0 Å². The first-order chi connectivity index (χ1) is 19.7. The third kappa shape index (κ3) is 8.52. The molecule has 12 heteroatoms. The van der Waals surface area contributed by atoms with Gasteiger partial charge >= 0.3 is 6.16 Å². The largest absolute Gasteiger partial charge is 0.515 e. The molecule has 4 rings (SSSR count).